The van der Waals surface area contributed by atoms with Gasteiger partial charge in [-0.3, -0.25) is 4.79 Å². The van der Waals surface area contributed by atoms with Gasteiger partial charge in [0.05, 0.1) is 41.9 Å². The van der Waals surface area contributed by atoms with Crippen molar-refractivity contribution in [3.63, 3.8) is 0 Å². The molecule has 0 radical (unpaired) electrons. The van der Waals surface area contributed by atoms with Crippen LogP contribution in [0.2, 0.25) is 0 Å². The lowest BCUT2D eigenvalue weighted by atomic mass is 9.92. The van der Waals surface area contributed by atoms with Gasteiger partial charge in [-0.1, -0.05) is 24.3 Å². The summed E-state index contributed by atoms with van der Waals surface area (Å²) in [5, 5.41) is 2.90. The van der Waals surface area contributed by atoms with Gasteiger partial charge in [-0.15, -0.1) is 11.3 Å². The SMILES string of the molecule is COc1cc2c(cc1OC)[C@H](C)N(C(=O)c1cc(-c3cccs3)nc3ccccc13)CC2. The minimum Gasteiger partial charge on any atom is -0.493 e. The molecule has 1 amide bonds. The van der Waals surface area contributed by atoms with E-state index in [1.54, 1.807) is 25.6 Å². The van der Waals surface area contributed by atoms with Gasteiger partial charge < -0.3 is 14.4 Å². The standard InChI is InChI=1S/C26H24N2O3S/c1-16-19-15-24(31-3)23(30-2)13-17(19)10-11-28(16)26(29)20-14-22(25-9-6-12-32-25)27-21-8-5-4-7-18(20)21/h4-9,12-16H,10-11H2,1-3H3/t16-/m0/s1. The zero-order valence-corrected chi connectivity index (χ0v) is 19.1. The largest absolute Gasteiger partial charge is 0.493 e. The number of carbonyl (C=O) groups excluding carboxylic acids is 1. The third kappa shape index (κ3) is 3.41. The molecule has 0 saturated carbocycles. The van der Waals surface area contributed by atoms with E-state index in [0.717, 1.165) is 39.2 Å². The molecule has 2 aromatic heterocycles. The third-order valence-electron chi connectivity index (χ3n) is 6.17. The number of hydrogen-bond donors (Lipinski definition) is 0. The van der Waals surface area contributed by atoms with Gasteiger partial charge in [0.25, 0.3) is 5.91 Å². The number of aromatic nitrogens is 1. The zero-order chi connectivity index (χ0) is 22.2. The van der Waals surface area contributed by atoms with Gasteiger partial charge in [-0.2, -0.15) is 0 Å². The summed E-state index contributed by atoms with van der Waals surface area (Å²) < 4.78 is 11.0. The van der Waals surface area contributed by atoms with E-state index in [1.165, 1.54) is 5.56 Å². The molecule has 32 heavy (non-hydrogen) atoms. The highest BCUT2D eigenvalue weighted by molar-refractivity contribution is 7.13. The van der Waals surface area contributed by atoms with Crippen LogP contribution in [-0.4, -0.2) is 36.6 Å². The Kier molecular flexibility index (Phi) is 5.31. The Morgan fingerprint density at radius 3 is 2.59 bits per heavy atom. The van der Waals surface area contributed by atoms with Crippen molar-refractivity contribution in [2.45, 2.75) is 19.4 Å². The van der Waals surface area contributed by atoms with Crippen molar-refractivity contribution in [1.82, 2.24) is 9.88 Å². The molecule has 3 heterocycles. The molecule has 0 fully saturated rings. The van der Waals surface area contributed by atoms with E-state index in [0.29, 0.717) is 17.9 Å². The molecule has 0 N–H and O–H groups in total. The van der Waals surface area contributed by atoms with Crippen LogP contribution in [-0.2, 0) is 6.42 Å². The summed E-state index contributed by atoms with van der Waals surface area (Å²) in [5.74, 6) is 1.43. The molecule has 162 valence electrons. The third-order valence-corrected chi connectivity index (χ3v) is 7.06. The van der Waals surface area contributed by atoms with Crippen molar-refractivity contribution in [3.8, 4) is 22.1 Å². The molecule has 0 bridgehead atoms. The highest BCUT2D eigenvalue weighted by Crippen LogP contribution is 2.39. The van der Waals surface area contributed by atoms with Crippen LogP contribution < -0.4 is 9.47 Å². The molecular weight excluding hydrogens is 420 g/mol. The van der Waals surface area contributed by atoms with Crippen molar-refractivity contribution in [2.24, 2.45) is 0 Å². The van der Waals surface area contributed by atoms with E-state index >= 15 is 0 Å². The second-order valence-electron chi connectivity index (χ2n) is 7.88. The summed E-state index contributed by atoms with van der Waals surface area (Å²) in [5.41, 5.74) is 4.64. The van der Waals surface area contributed by atoms with Crippen LogP contribution >= 0.6 is 11.3 Å². The fraction of sp³-hybridized carbons (Fsp3) is 0.231. The van der Waals surface area contributed by atoms with Crippen LogP contribution in [0.3, 0.4) is 0 Å². The van der Waals surface area contributed by atoms with Gasteiger partial charge in [-0.05, 0) is 60.2 Å². The maximum atomic E-state index is 13.9. The fourth-order valence-corrected chi connectivity index (χ4v) is 5.17. The second kappa shape index (κ2) is 8.28. The lowest BCUT2D eigenvalue weighted by Gasteiger charge is -2.36. The molecule has 0 aliphatic carbocycles. The summed E-state index contributed by atoms with van der Waals surface area (Å²) in [4.78, 5) is 21.7. The average Bonchev–Trinajstić information content (AvgIpc) is 3.37. The Bertz CT molecular complexity index is 1300. The lowest BCUT2D eigenvalue weighted by Crippen LogP contribution is -2.39. The molecule has 0 unspecified atom stereocenters. The monoisotopic (exact) mass is 444 g/mol. The number of thiophene rings is 1. The lowest BCUT2D eigenvalue weighted by molar-refractivity contribution is 0.0679. The Morgan fingerprint density at radius 1 is 1.06 bits per heavy atom. The van der Waals surface area contributed by atoms with E-state index in [-0.39, 0.29) is 11.9 Å². The Balaban J connectivity index is 1.58. The van der Waals surface area contributed by atoms with Crippen molar-refractivity contribution in [1.29, 1.82) is 0 Å². The van der Waals surface area contributed by atoms with Crippen molar-refractivity contribution >= 4 is 28.1 Å². The molecule has 2 aromatic carbocycles. The number of fused-ring (bicyclic) bond motifs is 2. The zero-order valence-electron chi connectivity index (χ0n) is 18.3. The molecular formula is C26H24N2O3S. The second-order valence-corrected chi connectivity index (χ2v) is 8.83. The first-order valence-electron chi connectivity index (χ1n) is 10.6. The maximum absolute atomic E-state index is 13.9. The summed E-state index contributed by atoms with van der Waals surface area (Å²) >= 11 is 1.63. The minimum atomic E-state index is -0.0804. The topological polar surface area (TPSA) is 51.7 Å². The number of carbonyl (C=O) groups is 1. The van der Waals surface area contributed by atoms with Crippen molar-refractivity contribution in [3.05, 3.63) is 76.7 Å². The molecule has 5 rings (SSSR count). The van der Waals surface area contributed by atoms with Crippen molar-refractivity contribution in [2.75, 3.05) is 20.8 Å². The van der Waals surface area contributed by atoms with E-state index in [2.05, 4.69) is 6.92 Å². The maximum Gasteiger partial charge on any atom is 0.255 e. The van der Waals surface area contributed by atoms with Gasteiger partial charge in [0.15, 0.2) is 11.5 Å². The number of ether oxygens (including phenoxy) is 2. The van der Waals surface area contributed by atoms with Gasteiger partial charge in [0.2, 0.25) is 0 Å². The summed E-state index contributed by atoms with van der Waals surface area (Å²) in [6.45, 7) is 2.72. The Morgan fingerprint density at radius 2 is 1.84 bits per heavy atom. The van der Waals surface area contributed by atoms with E-state index in [1.807, 2.05) is 64.9 Å². The van der Waals surface area contributed by atoms with Gasteiger partial charge in [0, 0.05) is 11.9 Å². The summed E-state index contributed by atoms with van der Waals surface area (Å²) in [6, 6.07) is 17.8. The number of rotatable bonds is 4. The Labute approximate surface area is 191 Å². The average molecular weight is 445 g/mol. The molecule has 0 saturated heterocycles. The highest BCUT2D eigenvalue weighted by Gasteiger charge is 2.31. The van der Waals surface area contributed by atoms with E-state index in [4.69, 9.17) is 14.5 Å². The van der Waals surface area contributed by atoms with Gasteiger partial charge >= 0.3 is 0 Å². The fourth-order valence-electron chi connectivity index (χ4n) is 4.48. The van der Waals surface area contributed by atoms with E-state index in [9.17, 15) is 4.79 Å². The first-order chi connectivity index (χ1) is 15.6. The smallest absolute Gasteiger partial charge is 0.255 e. The molecule has 1 aliphatic rings. The predicted octanol–water partition coefficient (Wildman–Crippen LogP) is 5.74. The first-order valence-corrected chi connectivity index (χ1v) is 11.5. The minimum absolute atomic E-state index is 0.0225. The highest BCUT2D eigenvalue weighted by atomic mass is 32.1. The number of hydrogen-bond acceptors (Lipinski definition) is 5. The summed E-state index contributed by atoms with van der Waals surface area (Å²) in [7, 11) is 3.28. The van der Waals surface area contributed by atoms with Gasteiger partial charge in [0.1, 0.15) is 0 Å². The molecule has 0 spiro atoms. The van der Waals surface area contributed by atoms with Crippen LogP contribution in [0, 0.1) is 0 Å². The number of pyridine rings is 1. The van der Waals surface area contributed by atoms with Crippen LogP contribution in [0.4, 0.5) is 0 Å². The Hall–Kier alpha value is -3.38. The van der Waals surface area contributed by atoms with Gasteiger partial charge in [-0.25, -0.2) is 4.98 Å². The van der Waals surface area contributed by atoms with Crippen LogP contribution in [0.25, 0.3) is 21.5 Å². The van der Waals surface area contributed by atoms with Crippen LogP contribution in [0.5, 0.6) is 11.5 Å². The molecule has 4 aromatic rings. The summed E-state index contributed by atoms with van der Waals surface area (Å²) in [6.07, 6.45) is 0.770. The molecule has 6 heteroatoms. The number of methoxy groups -OCH3 is 2. The van der Waals surface area contributed by atoms with E-state index < -0.39 is 0 Å². The molecule has 1 aliphatic heterocycles. The quantitative estimate of drug-likeness (QED) is 0.403. The van der Waals surface area contributed by atoms with Crippen LogP contribution in [0.1, 0.15) is 34.5 Å². The number of nitrogens with zero attached hydrogens (tertiary/aromatic N) is 2. The molecule has 1 atom stereocenters. The number of benzene rings is 2. The first kappa shape index (κ1) is 20.5. The number of para-hydroxylation sites is 1. The molecule has 5 nitrogen and oxygen atoms in total. The van der Waals surface area contributed by atoms with Crippen LogP contribution in [0.15, 0.2) is 60.0 Å². The number of amides is 1. The predicted molar refractivity (Wildman–Crippen MR) is 128 cm³/mol. The normalized spacial score (nSPS) is 15.5. The van der Waals surface area contributed by atoms with Crippen molar-refractivity contribution < 1.29 is 14.3 Å².